The minimum atomic E-state index is -0.482. The van der Waals surface area contributed by atoms with E-state index in [0.717, 1.165) is 25.7 Å². The number of carbonyl (C=O) groups excluding carboxylic acids is 2. The van der Waals surface area contributed by atoms with Crippen molar-refractivity contribution in [3.05, 3.63) is 0 Å². The lowest BCUT2D eigenvalue weighted by molar-refractivity contribution is -0.124. The molecule has 2 N–H and O–H groups in total. The van der Waals surface area contributed by atoms with E-state index in [1.54, 1.807) is 0 Å². The molecule has 0 bridgehead atoms. The first kappa shape index (κ1) is 16.8. The Labute approximate surface area is 121 Å². The second-order valence-corrected chi connectivity index (χ2v) is 6.87. The van der Waals surface area contributed by atoms with Crippen LogP contribution in [0.2, 0.25) is 0 Å². The number of alkyl carbamates (subject to hydrolysis) is 1. The molecule has 20 heavy (non-hydrogen) atoms. The van der Waals surface area contributed by atoms with E-state index in [-0.39, 0.29) is 30.0 Å². The fraction of sp³-hybridized carbons (Fsp3) is 0.867. The van der Waals surface area contributed by atoms with Gasteiger partial charge in [-0.2, -0.15) is 0 Å². The molecule has 0 aromatic heterocycles. The second kappa shape index (κ2) is 6.95. The maximum atomic E-state index is 11.7. The van der Waals surface area contributed by atoms with Crippen LogP contribution in [0.5, 0.6) is 0 Å². The van der Waals surface area contributed by atoms with E-state index >= 15 is 0 Å². The summed E-state index contributed by atoms with van der Waals surface area (Å²) in [5, 5.41) is 5.93. The van der Waals surface area contributed by atoms with Crippen LogP contribution in [0.25, 0.3) is 0 Å². The molecule has 1 aliphatic carbocycles. The maximum absolute atomic E-state index is 11.7. The van der Waals surface area contributed by atoms with Crippen molar-refractivity contribution in [3.8, 4) is 0 Å². The van der Waals surface area contributed by atoms with Crippen LogP contribution in [-0.2, 0) is 9.53 Å². The van der Waals surface area contributed by atoms with Crippen molar-refractivity contribution in [2.24, 2.45) is 5.92 Å². The minimum absolute atomic E-state index is 0.00538. The van der Waals surface area contributed by atoms with Gasteiger partial charge in [0.2, 0.25) is 5.91 Å². The number of ether oxygens (including phenoxy) is 1. The van der Waals surface area contributed by atoms with Crippen LogP contribution in [0.1, 0.15) is 60.3 Å². The number of nitrogens with one attached hydrogen (secondary N) is 2. The third kappa shape index (κ3) is 6.26. The normalized spacial score (nSPS) is 23.3. The zero-order chi connectivity index (χ0) is 15.3. The highest BCUT2D eigenvalue weighted by molar-refractivity contribution is 5.78. The van der Waals surface area contributed by atoms with Gasteiger partial charge < -0.3 is 15.4 Å². The quantitative estimate of drug-likeness (QED) is 0.837. The molecule has 2 amide bonds. The third-order valence-corrected chi connectivity index (χ3v) is 3.27. The Kier molecular flexibility index (Phi) is 5.84. The van der Waals surface area contributed by atoms with Gasteiger partial charge in [0.1, 0.15) is 5.60 Å². The Morgan fingerprint density at radius 2 is 1.65 bits per heavy atom. The Bertz CT molecular complexity index is 348. The molecule has 1 aliphatic rings. The monoisotopic (exact) mass is 284 g/mol. The van der Waals surface area contributed by atoms with Gasteiger partial charge in [0, 0.05) is 18.0 Å². The van der Waals surface area contributed by atoms with Crippen molar-refractivity contribution in [2.75, 3.05) is 0 Å². The predicted molar refractivity (Wildman–Crippen MR) is 78.4 cm³/mol. The smallest absolute Gasteiger partial charge is 0.407 e. The van der Waals surface area contributed by atoms with E-state index in [4.69, 9.17) is 4.74 Å². The van der Waals surface area contributed by atoms with Gasteiger partial charge in [-0.1, -0.05) is 13.8 Å². The SMILES string of the molecule is CC(C)C(=O)N[C@H]1CCC[C@@H](NC(=O)OC(C)(C)C)C1. The largest absolute Gasteiger partial charge is 0.444 e. The molecular weight excluding hydrogens is 256 g/mol. The van der Waals surface area contributed by atoms with Gasteiger partial charge in [-0.3, -0.25) is 4.79 Å². The van der Waals surface area contributed by atoms with Crippen LogP contribution >= 0.6 is 0 Å². The van der Waals surface area contributed by atoms with E-state index in [1.165, 1.54) is 0 Å². The van der Waals surface area contributed by atoms with Crippen molar-refractivity contribution in [3.63, 3.8) is 0 Å². The summed E-state index contributed by atoms with van der Waals surface area (Å²) < 4.78 is 5.26. The molecule has 1 saturated carbocycles. The number of hydrogen-bond donors (Lipinski definition) is 2. The summed E-state index contributed by atoms with van der Waals surface area (Å²) in [4.78, 5) is 23.4. The molecular formula is C15H28N2O3. The minimum Gasteiger partial charge on any atom is -0.444 e. The van der Waals surface area contributed by atoms with E-state index in [2.05, 4.69) is 10.6 Å². The van der Waals surface area contributed by atoms with Gasteiger partial charge in [0.05, 0.1) is 0 Å². The maximum Gasteiger partial charge on any atom is 0.407 e. The highest BCUT2D eigenvalue weighted by atomic mass is 16.6. The molecule has 2 atom stereocenters. The van der Waals surface area contributed by atoms with Crippen LogP contribution in [0, 0.1) is 5.92 Å². The van der Waals surface area contributed by atoms with E-state index in [1.807, 2.05) is 34.6 Å². The third-order valence-electron chi connectivity index (χ3n) is 3.27. The molecule has 0 unspecified atom stereocenters. The summed E-state index contributed by atoms with van der Waals surface area (Å²) in [6, 6.07) is 0.231. The van der Waals surface area contributed by atoms with Crippen molar-refractivity contribution < 1.29 is 14.3 Å². The summed E-state index contributed by atoms with van der Waals surface area (Å²) in [5.41, 5.74) is -0.482. The van der Waals surface area contributed by atoms with Gasteiger partial charge in [0.25, 0.3) is 0 Å². The van der Waals surface area contributed by atoms with Crippen molar-refractivity contribution in [1.29, 1.82) is 0 Å². The second-order valence-electron chi connectivity index (χ2n) is 6.87. The van der Waals surface area contributed by atoms with Crippen LogP contribution < -0.4 is 10.6 Å². The van der Waals surface area contributed by atoms with E-state index in [9.17, 15) is 9.59 Å². The lowest BCUT2D eigenvalue weighted by atomic mass is 9.90. The van der Waals surface area contributed by atoms with Gasteiger partial charge in [-0.25, -0.2) is 4.79 Å². The molecule has 5 heteroatoms. The highest BCUT2D eigenvalue weighted by Gasteiger charge is 2.26. The van der Waals surface area contributed by atoms with Gasteiger partial charge in [-0.05, 0) is 46.5 Å². The van der Waals surface area contributed by atoms with Crippen LogP contribution in [0.3, 0.4) is 0 Å². The summed E-state index contributed by atoms with van der Waals surface area (Å²) in [5.74, 6) is 0.0714. The predicted octanol–water partition coefficient (Wildman–Crippen LogP) is 2.59. The topological polar surface area (TPSA) is 67.4 Å². The molecule has 0 aliphatic heterocycles. The van der Waals surface area contributed by atoms with Crippen molar-refractivity contribution in [1.82, 2.24) is 10.6 Å². The van der Waals surface area contributed by atoms with Gasteiger partial charge >= 0.3 is 6.09 Å². The lowest BCUT2D eigenvalue weighted by Crippen LogP contribution is -2.47. The Morgan fingerprint density at radius 3 is 2.15 bits per heavy atom. The molecule has 1 fully saturated rings. The fourth-order valence-electron chi connectivity index (χ4n) is 2.29. The van der Waals surface area contributed by atoms with Crippen LogP contribution in [-0.4, -0.2) is 29.7 Å². The Balaban J connectivity index is 2.41. The molecule has 1 rings (SSSR count). The number of carbonyl (C=O) groups is 2. The van der Waals surface area contributed by atoms with Gasteiger partial charge in [-0.15, -0.1) is 0 Å². The summed E-state index contributed by atoms with van der Waals surface area (Å²) in [7, 11) is 0. The molecule has 0 saturated heterocycles. The first-order chi connectivity index (χ1) is 9.17. The average molecular weight is 284 g/mol. The highest BCUT2D eigenvalue weighted by Crippen LogP contribution is 2.19. The van der Waals surface area contributed by atoms with E-state index < -0.39 is 5.60 Å². The lowest BCUT2D eigenvalue weighted by Gasteiger charge is -2.31. The molecule has 116 valence electrons. The summed E-state index contributed by atoms with van der Waals surface area (Å²) in [6.07, 6.45) is 3.32. The van der Waals surface area contributed by atoms with Crippen molar-refractivity contribution >= 4 is 12.0 Å². The van der Waals surface area contributed by atoms with Crippen LogP contribution in [0.15, 0.2) is 0 Å². The molecule has 0 radical (unpaired) electrons. The Hall–Kier alpha value is -1.26. The summed E-state index contributed by atoms with van der Waals surface area (Å²) in [6.45, 7) is 9.31. The first-order valence-corrected chi connectivity index (χ1v) is 7.47. The Morgan fingerprint density at radius 1 is 1.10 bits per heavy atom. The molecule has 0 heterocycles. The summed E-state index contributed by atoms with van der Waals surface area (Å²) >= 11 is 0. The van der Waals surface area contributed by atoms with Gasteiger partial charge in [0.15, 0.2) is 0 Å². The van der Waals surface area contributed by atoms with E-state index in [0.29, 0.717) is 0 Å². The molecule has 0 aromatic rings. The average Bonchev–Trinajstić information content (AvgIpc) is 2.26. The standard InChI is InChI=1S/C15H28N2O3/c1-10(2)13(18)16-11-7-6-8-12(9-11)17-14(19)20-15(3,4)5/h10-12H,6-9H2,1-5H3,(H,16,18)(H,17,19)/t11-,12+/m0/s1. The number of amides is 2. The zero-order valence-electron chi connectivity index (χ0n) is 13.3. The number of hydrogen-bond acceptors (Lipinski definition) is 3. The molecule has 0 spiro atoms. The molecule has 5 nitrogen and oxygen atoms in total. The van der Waals surface area contributed by atoms with Crippen molar-refractivity contribution in [2.45, 2.75) is 78.0 Å². The molecule has 0 aromatic carbocycles. The zero-order valence-corrected chi connectivity index (χ0v) is 13.3. The van der Waals surface area contributed by atoms with Crippen LogP contribution in [0.4, 0.5) is 4.79 Å². The number of rotatable bonds is 3. The first-order valence-electron chi connectivity index (χ1n) is 7.47. The fourth-order valence-corrected chi connectivity index (χ4v) is 2.29.